The van der Waals surface area contributed by atoms with Gasteiger partial charge in [0.05, 0.1) is 13.0 Å². The van der Waals surface area contributed by atoms with Crippen LogP contribution in [0.3, 0.4) is 0 Å². The fourth-order valence-electron chi connectivity index (χ4n) is 5.02. The molecule has 2 bridgehead atoms. The maximum absolute atomic E-state index is 12.4. The molecule has 3 fully saturated rings. The highest BCUT2D eigenvalue weighted by molar-refractivity contribution is 9.09. The van der Waals surface area contributed by atoms with Crippen molar-refractivity contribution in [1.29, 1.82) is 0 Å². The average Bonchev–Trinajstić information content (AvgIpc) is 2.72. The molecule has 5 unspecified atom stereocenters. The quantitative estimate of drug-likeness (QED) is 0.606. The second kappa shape index (κ2) is 6.17. The van der Waals surface area contributed by atoms with E-state index in [4.69, 9.17) is 10.5 Å². The van der Waals surface area contributed by atoms with Crippen LogP contribution in [0.1, 0.15) is 38.5 Å². The van der Waals surface area contributed by atoms with Crippen LogP contribution in [0.4, 0.5) is 0 Å². The summed E-state index contributed by atoms with van der Waals surface area (Å²) in [7, 11) is 3.71. The van der Waals surface area contributed by atoms with E-state index in [9.17, 15) is 4.79 Å². The van der Waals surface area contributed by atoms with Gasteiger partial charge in [-0.15, -0.1) is 0 Å². The molecule has 0 spiro atoms. The molecule has 1 saturated carbocycles. The number of nitrogens with two attached hydrogens (primary N) is 1. The number of fused-ring (bicyclic) bond motifs is 2. The van der Waals surface area contributed by atoms with Crippen molar-refractivity contribution in [3.63, 3.8) is 0 Å². The standard InChI is InChI=1S/C16H27BrN2O2/c1-19-10-4-6-14(19)15(16(20)21-2)11(8-10)9-3-5-13(18)12(17)7-9/h9-15H,3-8,18H2,1-2H3/t9?,10?,11-,12?,13?,14?,15+/m1/s1. The van der Waals surface area contributed by atoms with Gasteiger partial charge in [-0.3, -0.25) is 9.69 Å². The molecule has 2 heterocycles. The highest BCUT2D eigenvalue weighted by Gasteiger charge is 2.51. The molecular weight excluding hydrogens is 332 g/mol. The number of hydrogen-bond donors (Lipinski definition) is 1. The number of nitrogens with zero attached hydrogens (tertiary/aromatic N) is 1. The average molecular weight is 359 g/mol. The first-order valence-corrected chi connectivity index (χ1v) is 9.14. The van der Waals surface area contributed by atoms with Gasteiger partial charge in [-0.05, 0) is 57.4 Å². The van der Waals surface area contributed by atoms with E-state index in [2.05, 4.69) is 27.9 Å². The number of ether oxygens (including phenoxy) is 1. The van der Waals surface area contributed by atoms with Crippen molar-refractivity contribution >= 4 is 21.9 Å². The normalized spacial score (nSPS) is 47.3. The Hall–Kier alpha value is -0.130. The topological polar surface area (TPSA) is 55.6 Å². The van der Waals surface area contributed by atoms with Crippen LogP contribution in [0.25, 0.3) is 0 Å². The highest BCUT2D eigenvalue weighted by Crippen LogP contribution is 2.48. The van der Waals surface area contributed by atoms with E-state index in [0.717, 1.165) is 32.1 Å². The molecule has 3 aliphatic rings. The number of hydrogen-bond acceptors (Lipinski definition) is 4. The lowest BCUT2D eigenvalue weighted by molar-refractivity contribution is -0.154. The zero-order valence-electron chi connectivity index (χ0n) is 13.0. The Kier molecular flexibility index (Phi) is 4.63. The van der Waals surface area contributed by atoms with Crippen LogP contribution in [-0.2, 0) is 9.53 Å². The monoisotopic (exact) mass is 358 g/mol. The molecule has 5 heteroatoms. The van der Waals surface area contributed by atoms with Crippen LogP contribution in [0.2, 0.25) is 0 Å². The van der Waals surface area contributed by atoms with Gasteiger partial charge in [0.2, 0.25) is 0 Å². The third-order valence-electron chi connectivity index (χ3n) is 6.26. The van der Waals surface area contributed by atoms with Crippen LogP contribution >= 0.6 is 15.9 Å². The minimum absolute atomic E-state index is 0.00167. The Labute approximate surface area is 135 Å². The number of methoxy groups -OCH3 is 1. The summed E-state index contributed by atoms with van der Waals surface area (Å²) in [5.74, 6) is 1.13. The first kappa shape index (κ1) is 15.8. The number of piperidine rings is 1. The molecule has 1 aliphatic carbocycles. The molecule has 0 radical (unpaired) electrons. The Balaban J connectivity index is 1.80. The van der Waals surface area contributed by atoms with Crippen molar-refractivity contribution < 1.29 is 9.53 Å². The zero-order chi connectivity index (χ0) is 15.1. The van der Waals surface area contributed by atoms with Crippen molar-refractivity contribution in [2.75, 3.05) is 14.2 Å². The molecule has 3 rings (SSSR count). The van der Waals surface area contributed by atoms with Crippen LogP contribution in [-0.4, -0.2) is 48.0 Å². The zero-order valence-corrected chi connectivity index (χ0v) is 14.6. The SMILES string of the molecule is COC(=O)[C@@H]1C2CCC(C[C@@H]1C1CCC(N)C(Br)C1)N2C. The van der Waals surface area contributed by atoms with Gasteiger partial charge in [-0.2, -0.15) is 0 Å². The fourth-order valence-corrected chi connectivity index (χ4v) is 5.76. The molecule has 2 N–H and O–H groups in total. The molecule has 2 saturated heterocycles. The van der Waals surface area contributed by atoms with E-state index in [1.165, 1.54) is 13.5 Å². The Morgan fingerprint density at radius 1 is 1.24 bits per heavy atom. The smallest absolute Gasteiger partial charge is 0.310 e. The fraction of sp³-hybridized carbons (Fsp3) is 0.938. The largest absolute Gasteiger partial charge is 0.469 e. The first-order valence-electron chi connectivity index (χ1n) is 8.22. The van der Waals surface area contributed by atoms with Crippen molar-refractivity contribution in [2.45, 2.75) is 61.5 Å². The molecule has 2 aliphatic heterocycles. The first-order chi connectivity index (χ1) is 10.0. The van der Waals surface area contributed by atoms with Gasteiger partial charge in [0, 0.05) is 23.0 Å². The number of carbonyl (C=O) groups excluding carboxylic acids is 1. The molecule has 0 aromatic heterocycles. The van der Waals surface area contributed by atoms with Crippen LogP contribution in [0, 0.1) is 17.8 Å². The van der Waals surface area contributed by atoms with Crippen molar-refractivity contribution in [3.8, 4) is 0 Å². The molecule has 21 heavy (non-hydrogen) atoms. The number of carbonyl (C=O) groups is 1. The van der Waals surface area contributed by atoms with E-state index < -0.39 is 0 Å². The molecule has 0 aromatic rings. The van der Waals surface area contributed by atoms with Gasteiger partial charge in [0.1, 0.15) is 0 Å². The predicted octanol–water partition coefficient (Wildman–Crippen LogP) is 2.15. The molecule has 120 valence electrons. The maximum Gasteiger partial charge on any atom is 0.310 e. The van der Waals surface area contributed by atoms with Crippen LogP contribution in [0.15, 0.2) is 0 Å². The number of alkyl halides is 1. The van der Waals surface area contributed by atoms with Crippen molar-refractivity contribution in [3.05, 3.63) is 0 Å². The summed E-state index contributed by atoms with van der Waals surface area (Å²) in [6.07, 6.45) is 6.84. The predicted molar refractivity (Wildman–Crippen MR) is 86.2 cm³/mol. The molecular formula is C16H27BrN2O2. The van der Waals surface area contributed by atoms with Gasteiger partial charge in [0.15, 0.2) is 0 Å². The summed E-state index contributed by atoms with van der Waals surface area (Å²) < 4.78 is 5.16. The van der Waals surface area contributed by atoms with Crippen LogP contribution < -0.4 is 5.73 Å². The molecule has 0 amide bonds. The van der Waals surface area contributed by atoms with Gasteiger partial charge < -0.3 is 10.5 Å². The molecule has 4 nitrogen and oxygen atoms in total. The summed E-state index contributed by atoms with van der Waals surface area (Å²) >= 11 is 3.74. The van der Waals surface area contributed by atoms with Gasteiger partial charge in [-0.25, -0.2) is 0 Å². The van der Waals surface area contributed by atoms with Gasteiger partial charge in [0.25, 0.3) is 0 Å². The number of esters is 1. The minimum atomic E-state index is -0.00167. The summed E-state index contributed by atoms with van der Waals surface area (Å²) in [6, 6.07) is 1.30. The lowest BCUT2D eigenvalue weighted by Gasteiger charge is -2.46. The highest BCUT2D eigenvalue weighted by atomic mass is 79.9. The summed E-state index contributed by atoms with van der Waals surface area (Å²) in [5, 5.41) is 0. The van der Waals surface area contributed by atoms with E-state index in [-0.39, 0.29) is 17.9 Å². The Morgan fingerprint density at radius 3 is 2.67 bits per heavy atom. The summed E-state index contributed by atoms with van der Waals surface area (Å²) in [4.78, 5) is 15.2. The third-order valence-corrected chi connectivity index (χ3v) is 7.31. The lowest BCUT2D eigenvalue weighted by atomic mass is 9.68. The Morgan fingerprint density at radius 2 is 2.00 bits per heavy atom. The van der Waals surface area contributed by atoms with E-state index >= 15 is 0 Å². The Bertz CT molecular complexity index is 406. The van der Waals surface area contributed by atoms with E-state index in [0.29, 0.717) is 28.7 Å². The van der Waals surface area contributed by atoms with Crippen LogP contribution in [0.5, 0.6) is 0 Å². The second-order valence-electron chi connectivity index (χ2n) is 7.17. The molecule has 0 aromatic carbocycles. The summed E-state index contributed by atoms with van der Waals surface area (Å²) in [6.45, 7) is 0. The number of halogens is 1. The number of rotatable bonds is 2. The lowest BCUT2D eigenvalue weighted by Crippen LogP contribution is -2.53. The van der Waals surface area contributed by atoms with Crippen molar-refractivity contribution in [1.82, 2.24) is 4.90 Å². The van der Waals surface area contributed by atoms with Gasteiger partial charge >= 0.3 is 5.97 Å². The third kappa shape index (κ3) is 2.77. The van der Waals surface area contributed by atoms with E-state index in [1.807, 2.05) is 0 Å². The molecule has 7 atom stereocenters. The minimum Gasteiger partial charge on any atom is -0.469 e. The van der Waals surface area contributed by atoms with Gasteiger partial charge in [-0.1, -0.05) is 15.9 Å². The second-order valence-corrected chi connectivity index (χ2v) is 8.34. The van der Waals surface area contributed by atoms with E-state index in [1.54, 1.807) is 0 Å². The summed E-state index contributed by atoms with van der Waals surface area (Å²) in [5.41, 5.74) is 6.13. The maximum atomic E-state index is 12.4. The van der Waals surface area contributed by atoms with Crippen molar-refractivity contribution in [2.24, 2.45) is 23.5 Å².